The number of aromatic nitrogens is 3. The van der Waals surface area contributed by atoms with E-state index in [4.69, 9.17) is 5.73 Å². The number of nitrogens with zero attached hydrogens (tertiary/aromatic N) is 4. The van der Waals surface area contributed by atoms with Gasteiger partial charge < -0.3 is 20.8 Å². The zero-order chi connectivity index (χ0) is 26.8. The third-order valence-corrected chi connectivity index (χ3v) is 7.70. The Morgan fingerprint density at radius 3 is 2.55 bits per heavy atom. The largest absolute Gasteiger partial charge is 0.382 e. The first-order valence-corrected chi connectivity index (χ1v) is 13.3. The number of nitrogen functional groups attached to an aromatic ring is 1. The number of amides is 1. The van der Waals surface area contributed by atoms with E-state index in [1.807, 2.05) is 67.7 Å². The van der Waals surface area contributed by atoms with E-state index in [0.29, 0.717) is 23.8 Å². The van der Waals surface area contributed by atoms with E-state index >= 15 is 0 Å². The van der Waals surface area contributed by atoms with E-state index in [-0.39, 0.29) is 12.3 Å². The van der Waals surface area contributed by atoms with Crippen molar-refractivity contribution >= 4 is 28.2 Å². The summed E-state index contributed by atoms with van der Waals surface area (Å²) < 4.78 is 1.73. The molecule has 4 atom stereocenters. The average molecular weight is 532 g/mol. The fraction of sp³-hybridized carbons (Fsp3) is 0.286. The second-order valence-corrected chi connectivity index (χ2v) is 10.4. The van der Waals surface area contributed by atoms with E-state index in [2.05, 4.69) is 10.1 Å². The summed E-state index contributed by atoms with van der Waals surface area (Å²) in [6, 6.07) is 16.6. The van der Waals surface area contributed by atoms with Crippen molar-refractivity contribution in [1.29, 1.82) is 0 Å². The van der Waals surface area contributed by atoms with E-state index in [0.717, 1.165) is 22.4 Å². The predicted molar refractivity (Wildman–Crippen MR) is 144 cm³/mol. The minimum Gasteiger partial charge on any atom is -0.382 e. The van der Waals surface area contributed by atoms with E-state index in [1.54, 1.807) is 16.3 Å². The lowest BCUT2D eigenvalue weighted by molar-refractivity contribution is -0.154. The first kappa shape index (κ1) is 25.8. The summed E-state index contributed by atoms with van der Waals surface area (Å²) in [7, 11) is 0. The number of benzene rings is 2. The standard InChI is InChI=1S/C28H29N5O4S/c1-17(18-7-9-20(10-8-18)33-13-4-12-30-33)15-23(34)25(35)26(36)27(37)32-14-11-19-5-2-3-6-21(19)24(32)22-16-38-28(29)31-22/h2-10,12-13,16-17,24-26,35-36H,11,14-15H2,1H3,(H2,29,31)/t17-,24+,25-,26+/m0/s1. The highest BCUT2D eigenvalue weighted by Gasteiger charge is 2.40. The number of aliphatic hydroxyl groups is 2. The van der Waals surface area contributed by atoms with Crippen LogP contribution in [0.2, 0.25) is 0 Å². The summed E-state index contributed by atoms with van der Waals surface area (Å²) in [6.07, 6.45) is 0.362. The Kier molecular flexibility index (Phi) is 7.37. The molecule has 2 aromatic heterocycles. The molecule has 2 aromatic carbocycles. The van der Waals surface area contributed by atoms with Crippen LogP contribution >= 0.6 is 11.3 Å². The lowest BCUT2D eigenvalue weighted by atomic mass is 9.89. The van der Waals surface area contributed by atoms with Crippen LogP contribution in [0.25, 0.3) is 5.69 Å². The van der Waals surface area contributed by atoms with E-state index in [9.17, 15) is 19.8 Å². The van der Waals surface area contributed by atoms with Crippen molar-refractivity contribution in [3.63, 3.8) is 0 Å². The van der Waals surface area contributed by atoms with Crippen molar-refractivity contribution in [3.05, 3.63) is 94.8 Å². The number of aliphatic hydroxyl groups excluding tert-OH is 2. The highest BCUT2D eigenvalue weighted by molar-refractivity contribution is 7.13. The number of fused-ring (bicyclic) bond motifs is 1. The van der Waals surface area contributed by atoms with Crippen molar-refractivity contribution in [2.45, 2.75) is 43.9 Å². The number of carbonyl (C=O) groups is 2. The number of thiazole rings is 1. The molecule has 0 spiro atoms. The Morgan fingerprint density at radius 2 is 1.87 bits per heavy atom. The number of ketones is 1. The summed E-state index contributed by atoms with van der Waals surface area (Å²) in [5, 5.41) is 27.9. The predicted octanol–water partition coefficient (Wildman–Crippen LogP) is 2.87. The minimum absolute atomic E-state index is 0.0263. The Morgan fingerprint density at radius 1 is 1.11 bits per heavy atom. The van der Waals surface area contributed by atoms with Crippen LogP contribution in [0.5, 0.6) is 0 Å². The number of nitrogens with two attached hydrogens (primary N) is 1. The van der Waals surface area contributed by atoms with Crippen LogP contribution in [0, 0.1) is 0 Å². The first-order valence-electron chi connectivity index (χ1n) is 12.4. The van der Waals surface area contributed by atoms with Gasteiger partial charge in [0.15, 0.2) is 17.0 Å². The average Bonchev–Trinajstić information content (AvgIpc) is 3.63. The number of Topliss-reactive ketones (excluding diaryl/α,β-unsaturated/α-hetero) is 1. The van der Waals surface area contributed by atoms with Crippen molar-refractivity contribution < 1.29 is 19.8 Å². The van der Waals surface area contributed by atoms with Crippen LogP contribution < -0.4 is 5.73 Å². The molecule has 38 heavy (non-hydrogen) atoms. The Balaban J connectivity index is 1.29. The lowest BCUT2D eigenvalue weighted by Gasteiger charge is -2.38. The maximum Gasteiger partial charge on any atom is 0.255 e. The third-order valence-electron chi connectivity index (χ3n) is 7.01. The van der Waals surface area contributed by atoms with Crippen LogP contribution in [0.1, 0.15) is 47.7 Å². The summed E-state index contributed by atoms with van der Waals surface area (Å²) >= 11 is 1.27. The van der Waals surface area contributed by atoms with Gasteiger partial charge in [-0.1, -0.05) is 43.3 Å². The summed E-state index contributed by atoms with van der Waals surface area (Å²) in [5.41, 5.74) is 10.2. The molecule has 3 heterocycles. The first-order chi connectivity index (χ1) is 18.3. The molecule has 10 heteroatoms. The second kappa shape index (κ2) is 10.9. The Hall–Kier alpha value is -3.86. The van der Waals surface area contributed by atoms with Gasteiger partial charge in [0.1, 0.15) is 12.1 Å². The van der Waals surface area contributed by atoms with Gasteiger partial charge in [-0.15, -0.1) is 11.3 Å². The molecule has 1 amide bonds. The quantitative estimate of drug-likeness (QED) is 0.318. The third kappa shape index (κ3) is 5.10. The number of hydrogen-bond donors (Lipinski definition) is 3. The van der Waals surface area contributed by atoms with Crippen LogP contribution in [0.3, 0.4) is 0 Å². The van der Waals surface area contributed by atoms with Crippen molar-refractivity contribution in [3.8, 4) is 5.69 Å². The van der Waals surface area contributed by atoms with Crippen molar-refractivity contribution in [2.24, 2.45) is 0 Å². The molecule has 0 aliphatic carbocycles. The van der Waals surface area contributed by atoms with Crippen LogP contribution in [-0.2, 0) is 16.0 Å². The van der Waals surface area contributed by atoms with E-state index in [1.165, 1.54) is 16.2 Å². The fourth-order valence-electron chi connectivity index (χ4n) is 4.95. The van der Waals surface area contributed by atoms with Gasteiger partial charge in [-0.05, 0) is 47.2 Å². The van der Waals surface area contributed by atoms with Crippen molar-refractivity contribution in [2.75, 3.05) is 12.3 Å². The van der Waals surface area contributed by atoms with Gasteiger partial charge in [-0.2, -0.15) is 5.10 Å². The molecule has 9 nitrogen and oxygen atoms in total. The van der Waals surface area contributed by atoms with Crippen LogP contribution in [0.15, 0.2) is 72.4 Å². The van der Waals surface area contributed by atoms with Crippen LogP contribution in [-0.4, -0.2) is 60.3 Å². The number of hydrogen-bond acceptors (Lipinski definition) is 8. The molecular weight excluding hydrogens is 502 g/mol. The Bertz CT molecular complexity index is 1420. The molecule has 0 unspecified atom stereocenters. The molecule has 4 N–H and O–H groups in total. The molecular formula is C28H29N5O4S. The molecule has 0 bridgehead atoms. The Labute approximate surface area is 224 Å². The zero-order valence-corrected chi connectivity index (χ0v) is 21.7. The highest BCUT2D eigenvalue weighted by atomic mass is 32.1. The monoisotopic (exact) mass is 531 g/mol. The topological polar surface area (TPSA) is 135 Å². The molecule has 0 radical (unpaired) electrons. The lowest BCUT2D eigenvalue weighted by Crippen LogP contribution is -2.51. The zero-order valence-electron chi connectivity index (χ0n) is 20.8. The van der Waals surface area contributed by atoms with Gasteiger partial charge in [0.05, 0.1) is 11.4 Å². The van der Waals surface area contributed by atoms with Gasteiger partial charge >= 0.3 is 0 Å². The smallest absolute Gasteiger partial charge is 0.255 e. The molecule has 196 valence electrons. The van der Waals surface area contributed by atoms with Gasteiger partial charge in [-0.3, -0.25) is 9.59 Å². The highest BCUT2D eigenvalue weighted by Crippen LogP contribution is 2.36. The van der Waals surface area contributed by atoms with Crippen LogP contribution in [0.4, 0.5) is 5.13 Å². The summed E-state index contributed by atoms with van der Waals surface area (Å²) in [6.45, 7) is 2.18. The molecule has 5 rings (SSSR count). The summed E-state index contributed by atoms with van der Waals surface area (Å²) in [5.74, 6) is -1.53. The molecule has 0 saturated heterocycles. The van der Waals surface area contributed by atoms with Gasteiger partial charge in [0, 0.05) is 30.7 Å². The van der Waals surface area contributed by atoms with Gasteiger partial charge in [-0.25, -0.2) is 9.67 Å². The maximum absolute atomic E-state index is 13.4. The van der Waals surface area contributed by atoms with Gasteiger partial charge in [0.25, 0.3) is 5.91 Å². The SMILES string of the molecule is C[C@@H](CC(=O)[C@H](O)[C@@H](O)C(=O)N1CCc2ccccc2[C@@H]1c1csc(N)n1)c1ccc(-n2cccn2)cc1. The summed E-state index contributed by atoms with van der Waals surface area (Å²) in [4.78, 5) is 32.3. The van der Waals surface area contributed by atoms with Crippen molar-refractivity contribution in [1.82, 2.24) is 19.7 Å². The number of carbonyl (C=O) groups excluding carboxylic acids is 2. The number of rotatable bonds is 8. The molecule has 1 aliphatic heterocycles. The fourth-order valence-corrected chi connectivity index (χ4v) is 5.53. The maximum atomic E-state index is 13.4. The van der Waals surface area contributed by atoms with Gasteiger partial charge in [0.2, 0.25) is 0 Å². The van der Waals surface area contributed by atoms with E-state index < -0.39 is 29.9 Å². The normalized spacial score (nSPS) is 17.4. The molecule has 0 saturated carbocycles. The molecule has 0 fully saturated rings. The number of anilines is 1. The molecule has 4 aromatic rings. The second-order valence-electron chi connectivity index (χ2n) is 9.50. The minimum atomic E-state index is -1.89. The molecule has 1 aliphatic rings.